The van der Waals surface area contributed by atoms with Gasteiger partial charge in [-0.3, -0.25) is 14.3 Å². The number of amides is 1. The normalized spacial score (nSPS) is 10.4. The first-order valence-corrected chi connectivity index (χ1v) is 10.1. The Morgan fingerprint density at radius 3 is 2.60 bits per heavy atom. The third kappa shape index (κ3) is 4.37. The second kappa shape index (κ2) is 9.03. The number of anilines is 1. The van der Waals surface area contributed by atoms with Crippen molar-refractivity contribution in [2.75, 3.05) is 11.1 Å². The van der Waals surface area contributed by atoms with E-state index in [9.17, 15) is 4.79 Å². The van der Waals surface area contributed by atoms with Crippen molar-refractivity contribution >= 4 is 23.4 Å². The Morgan fingerprint density at radius 1 is 1.03 bits per heavy atom. The van der Waals surface area contributed by atoms with Gasteiger partial charge in [0.05, 0.1) is 17.4 Å². The van der Waals surface area contributed by atoms with E-state index in [4.69, 9.17) is 5.26 Å². The molecule has 0 aliphatic carbocycles. The summed E-state index contributed by atoms with van der Waals surface area (Å²) in [7, 11) is 0. The van der Waals surface area contributed by atoms with Crippen molar-refractivity contribution in [2.45, 2.75) is 5.16 Å². The molecule has 2 aromatic carbocycles. The van der Waals surface area contributed by atoms with Gasteiger partial charge in [0.25, 0.3) is 0 Å². The van der Waals surface area contributed by atoms with Gasteiger partial charge in [-0.15, -0.1) is 10.2 Å². The molecule has 0 unspecified atom stereocenters. The van der Waals surface area contributed by atoms with Crippen LogP contribution in [0.4, 0.5) is 5.69 Å². The number of carbonyl (C=O) groups excluding carboxylic acids is 1. The summed E-state index contributed by atoms with van der Waals surface area (Å²) < 4.78 is 1.92. The van der Waals surface area contributed by atoms with E-state index >= 15 is 0 Å². The highest BCUT2D eigenvalue weighted by molar-refractivity contribution is 7.99. The quantitative estimate of drug-likeness (QED) is 0.482. The van der Waals surface area contributed by atoms with Crippen molar-refractivity contribution in [3.63, 3.8) is 0 Å². The summed E-state index contributed by atoms with van der Waals surface area (Å²) in [6, 6.07) is 22.3. The average Bonchev–Trinajstić information content (AvgIpc) is 3.23. The van der Waals surface area contributed by atoms with Crippen molar-refractivity contribution in [2.24, 2.45) is 0 Å². The molecule has 1 N–H and O–H groups in total. The fourth-order valence-corrected chi connectivity index (χ4v) is 3.61. The van der Waals surface area contributed by atoms with Crippen LogP contribution in [0.2, 0.25) is 0 Å². The number of benzene rings is 2. The Labute approximate surface area is 177 Å². The molecular formula is C22H16N6OS. The molecular weight excluding hydrogens is 396 g/mol. The molecule has 146 valence electrons. The zero-order chi connectivity index (χ0) is 20.8. The van der Waals surface area contributed by atoms with Crippen LogP contribution in [-0.2, 0) is 4.79 Å². The van der Waals surface area contributed by atoms with Crippen LogP contribution in [-0.4, -0.2) is 31.4 Å². The number of pyridine rings is 1. The zero-order valence-electron chi connectivity index (χ0n) is 15.8. The molecule has 0 aliphatic rings. The number of thioether (sulfide) groups is 1. The van der Waals surface area contributed by atoms with Crippen LogP contribution in [0.1, 0.15) is 5.56 Å². The lowest BCUT2D eigenvalue weighted by atomic mass is 10.2. The molecule has 2 aromatic heterocycles. The van der Waals surface area contributed by atoms with Gasteiger partial charge in [-0.2, -0.15) is 5.26 Å². The summed E-state index contributed by atoms with van der Waals surface area (Å²) >= 11 is 1.29. The number of carbonyl (C=O) groups is 1. The highest BCUT2D eigenvalue weighted by atomic mass is 32.2. The number of rotatable bonds is 6. The second-order valence-corrected chi connectivity index (χ2v) is 7.18. The molecule has 0 atom stereocenters. The van der Waals surface area contributed by atoms with Gasteiger partial charge in [-0.1, -0.05) is 36.0 Å². The van der Waals surface area contributed by atoms with E-state index in [0.29, 0.717) is 22.2 Å². The zero-order valence-corrected chi connectivity index (χ0v) is 16.6. The minimum Gasteiger partial charge on any atom is -0.325 e. The maximum Gasteiger partial charge on any atom is 0.234 e. The molecule has 4 aromatic rings. The molecule has 0 saturated carbocycles. The van der Waals surface area contributed by atoms with Gasteiger partial charge in [-0.05, 0) is 42.5 Å². The molecule has 2 heterocycles. The van der Waals surface area contributed by atoms with E-state index in [0.717, 1.165) is 11.3 Å². The van der Waals surface area contributed by atoms with Crippen molar-refractivity contribution in [3.05, 3.63) is 84.7 Å². The number of aromatic nitrogens is 4. The van der Waals surface area contributed by atoms with Gasteiger partial charge in [0.2, 0.25) is 5.91 Å². The molecule has 8 heteroatoms. The molecule has 0 spiro atoms. The topological polar surface area (TPSA) is 96.5 Å². The number of hydrogen-bond donors (Lipinski definition) is 1. The largest absolute Gasteiger partial charge is 0.325 e. The number of nitriles is 1. The summed E-state index contributed by atoms with van der Waals surface area (Å²) in [6.45, 7) is 0. The van der Waals surface area contributed by atoms with E-state index in [-0.39, 0.29) is 11.7 Å². The lowest BCUT2D eigenvalue weighted by Crippen LogP contribution is -2.14. The summed E-state index contributed by atoms with van der Waals surface area (Å²) in [4.78, 5) is 16.5. The highest BCUT2D eigenvalue weighted by Gasteiger charge is 2.17. The molecule has 1 amide bonds. The summed E-state index contributed by atoms with van der Waals surface area (Å²) in [6.07, 6.45) is 3.41. The molecule has 4 rings (SSSR count). The SMILES string of the molecule is N#Cc1cccc(NC(=O)CSc2nnc(-c3ccncc3)n2-c2ccccc2)c1. The van der Waals surface area contributed by atoms with Crippen molar-refractivity contribution < 1.29 is 4.79 Å². The van der Waals surface area contributed by atoms with E-state index in [1.165, 1.54) is 11.8 Å². The lowest BCUT2D eigenvalue weighted by molar-refractivity contribution is -0.113. The number of hydrogen-bond acceptors (Lipinski definition) is 6. The van der Waals surface area contributed by atoms with Crippen LogP contribution in [0.3, 0.4) is 0 Å². The Hall–Kier alpha value is -3.96. The maximum absolute atomic E-state index is 12.4. The summed E-state index contributed by atoms with van der Waals surface area (Å²) in [5.41, 5.74) is 2.86. The minimum absolute atomic E-state index is 0.151. The van der Waals surface area contributed by atoms with Gasteiger partial charge in [0.1, 0.15) is 0 Å². The van der Waals surface area contributed by atoms with E-state index in [2.05, 4.69) is 26.6 Å². The van der Waals surface area contributed by atoms with E-state index < -0.39 is 0 Å². The third-order valence-electron chi connectivity index (χ3n) is 4.19. The Balaban J connectivity index is 1.56. The monoisotopic (exact) mass is 412 g/mol. The van der Waals surface area contributed by atoms with Gasteiger partial charge < -0.3 is 5.32 Å². The average molecular weight is 412 g/mol. The van der Waals surface area contributed by atoms with E-state index in [1.54, 1.807) is 36.7 Å². The fraction of sp³-hybridized carbons (Fsp3) is 0.0455. The molecule has 0 aliphatic heterocycles. The Bertz CT molecular complexity index is 1200. The predicted molar refractivity (Wildman–Crippen MR) is 115 cm³/mol. The second-order valence-electron chi connectivity index (χ2n) is 6.24. The van der Waals surface area contributed by atoms with Crippen LogP contribution >= 0.6 is 11.8 Å². The van der Waals surface area contributed by atoms with Crippen molar-refractivity contribution in [1.82, 2.24) is 19.7 Å². The molecule has 0 radical (unpaired) electrons. The Kier molecular flexibility index (Phi) is 5.83. The van der Waals surface area contributed by atoms with Crippen LogP contribution in [0.25, 0.3) is 17.1 Å². The number of para-hydroxylation sites is 1. The third-order valence-corrected chi connectivity index (χ3v) is 5.12. The molecule has 30 heavy (non-hydrogen) atoms. The van der Waals surface area contributed by atoms with Gasteiger partial charge in [-0.25, -0.2) is 0 Å². The van der Waals surface area contributed by atoms with Crippen LogP contribution in [0.5, 0.6) is 0 Å². The molecule has 7 nitrogen and oxygen atoms in total. The van der Waals surface area contributed by atoms with Gasteiger partial charge in [0, 0.05) is 29.3 Å². The van der Waals surface area contributed by atoms with Gasteiger partial charge in [0.15, 0.2) is 11.0 Å². The minimum atomic E-state index is -0.192. The lowest BCUT2D eigenvalue weighted by Gasteiger charge is -2.10. The molecule has 0 saturated heterocycles. The highest BCUT2D eigenvalue weighted by Crippen LogP contribution is 2.27. The van der Waals surface area contributed by atoms with Gasteiger partial charge >= 0.3 is 0 Å². The van der Waals surface area contributed by atoms with Crippen LogP contribution < -0.4 is 5.32 Å². The van der Waals surface area contributed by atoms with Crippen molar-refractivity contribution in [1.29, 1.82) is 5.26 Å². The smallest absolute Gasteiger partial charge is 0.234 e. The summed E-state index contributed by atoms with van der Waals surface area (Å²) in [5, 5.41) is 21.1. The molecule has 0 fully saturated rings. The van der Waals surface area contributed by atoms with Crippen LogP contribution in [0.15, 0.2) is 84.3 Å². The number of nitrogens with one attached hydrogen (secondary N) is 1. The first kappa shape index (κ1) is 19.4. The maximum atomic E-state index is 12.4. The van der Waals surface area contributed by atoms with Crippen LogP contribution in [0, 0.1) is 11.3 Å². The first-order valence-electron chi connectivity index (χ1n) is 9.08. The van der Waals surface area contributed by atoms with Crippen molar-refractivity contribution in [3.8, 4) is 23.1 Å². The standard InChI is InChI=1S/C22H16N6OS/c23-14-16-5-4-6-18(13-16)25-20(29)15-30-22-27-26-21(17-9-11-24-12-10-17)28(22)19-7-2-1-3-8-19/h1-13H,15H2,(H,25,29). The predicted octanol–water partition coefficient (Wildman–Crippen LogP) is 3.93. The number of nitrogens with zero attached hydrogens (tertiary/aromatic N) is 5. The molecule has 0 bridgehead atoms. The first-order chi connectivity index (χ1) is 14.7. The van der Waals surface area contributed by atoms with E-state index in [1.807, 2.05) is 47.0 Å². The Morgan fingerprint density at radius 2 is 1.83 bits per heavy atom. The fourth-order valence-electron chi connectivity index (χ4n) is 2.85. The summed E-state index contributed by atoms with van der Waals surface area (Å²) in [5.74, 6) is 0.634.